The second kappa shape index (κ2) is 9.36. The predicted octanol–water partition coefficient (Wildman–Crippen LogP) is 1.54. The van der Waals surface area contributed by atoms with Gasteiger partial charge in [0.2, 0.25) is 5.91 Å². The van der Waals surface area contributed by atoms with Crippen LogP contribution in [0.5, 0.6) is 0 Å². The predicted molar refractivity (Wildman–Crippen MR) is 107 cm³/mol. The Bertz CT molecular complexity index is 688. The highest BCUT2D eigenvalue weighted by Crippen LogP contribution is 2.33. The van der Waals surface area contributed by atoms with E-state index < -0.39 is 24.2 Å². The summed E-state index contributed by atoms with van der Waals surface area (Å²) >= 11 is 2.99. The number of hydrogen-bond donors (Lipinski definition) is 1. The maximum absolute atomic E-state index is 13.2. The molecule has 0 bridgehead atoms. The van der Waals surface area contributed by atoms with Crippen molar-refractivity contribution in [3.63, 3.8) is 0 Å². The molecule has 154 valence electrons. The Morgan fingerprint density at radius 3 is 2.43 bits per heavy atom. The van der Waals surface area contributed by atoms with E-state index in [1.165, 1.54) is 47.5 Å². The number of hydrogen-bond acceptors (Lipinski definition) is 8. The Morgan fingerprint density at radius 1 is 1.11 bits per heavy atom. The second-order valence-corrected chi connectivity index (χ2v) is 8.39. The molecule has 2 atom stereocenters. The summed E-state index contributed by atoms with van der Waals surface area (Å²) in [5.74, 6) is -0.400. The van der Waals surface area contributed by atoms with Gasteiger partial charge in [0.05, 0.1) is 11.8 Å². The minimum absolute atomic E-state index is 0.150. The number of carbonyl (C=O) groups excluding carboxylic acids is 2. The van der Waals surface area contributed by atoms with Crippen LogP contribution in [0.4, 0.5) is 4.79 Å². The molecule has 0 aromatic heterocycles. The maximum atomic E-state index is 13.2. The molecular weight excluding hydrogens is 404 g/mol. The van der Waals surface area contributed by atoms with Crippen molar-refractivity contribution in [2.24, 2.45) is 0 Å². The number of thioether (sulfide) groups is 2. The molecule has 2 heterocycles. The zero-order valence-electron chi connectivity index (χ0n) is 15.8. The molecule has 2 aliphatic rings. The fourth-order valence-corrected chi connectivity index (χ4v) is 5.49. The van der Waals surface area contributed by atoms with Gasteiger partial charge in [-0.05, 0) is 5.56 Å². The second-order valence-electron chi connectivity index (χ2n) is 6.39. The molecule has 2 aliphatic heterocycles. The van der Waals surface area contributed by atoms with E-state index in [4.69, 9.17) is 14.2 Å². The van der Waals surface area contributed by atoms with Crippen LogP contribution in [0.2, 0.25) is 0 Å². The molecule has 0 radical (unpaired) electrons. The first-order chi connectivity index (χ1) is 13.5. The molecule has 3 rings (SSSR count). The van der Waals surface area contributed by atoms with E-state index >= 15 is 0 Å². The normalized spacial score (nSPS) is 22.5. The number of amides is 2. The first-order valence-corrected chi connectivity index (χ1v) is 11.1. The third-order valence-electron chi connectivity index (χ3n) is 4.78. The summed E-state index contributed by atoms with van der Waals surface area (Å²) in [6.45, 7) is 0.150. The van der Waals surface area contributed by atoms with Crippen molar-refractivity contribution in [2.45, 2.75) is 24.7 Å². The average Bonchev–Trinajstić information content (AvgIpc) is 3.41. The molecule has 0 saturated carbocycles. The highest BCUT2D eigenvalue weighted by Gasteiger charge is 2.49. The van der Waals surface area contributed by atoms with E-state index in [2.05, 4.69) is 0 Å². The molecular formula is C18H24N2O6S2. The van der Waals surface area contributed by atoms with Crippen LogP contribution in [0, 0.1) is 0 Å². The fourth-order valence-electron chi connectivity index (χ4n) is 3.14. The van der Waals surface area contributed by atoms with Crippen LogP contribution in [0.1, 0.15) is 5.56 Å². The van der Waals surface area contributed by atoms with Gasteiger partial charge >= 0.3 is 12.1 Å². The van der Waals surface area contributed by atoms with Crippen molar-refractivity contribution in [2.75, 3.05) is 37.5 Å². The van der Waals surface area contributed by atoms with Crippen molar-refractivity contribution < 1.29 is 28.9 Å². The first kappa shape index (κ1) is 21.3. The van der Waals surface area contributed by atoms with Crippen LogP contribution in [-0.2, 0) is 25.6 Å². The highest BCUT2D eigenvalue weighted by atomic mass is 32.2. The summed E-state index contributed by atoms with van der Waals surface area (Å²) in [5, 5.41) is 10.5. The standard InChI is InChI=1S/C18H24N2O6S2/c1-24-18(23,25-2)15-10-28-12-20(15)16(21)14-9-27-11-19(14)17(22)26-8-13-6-4-3-5-7-13/h3-7,14-15,23H,8-12H2,1-2H3/t14-,15-/m0/s1. The molecule has 0 aliphatic carbocycles. The van der Waals surface area contributed by atoms with Gasteiger partial charge in [-0.25, -0.2) is 4.79 Å². The molecule has 2 saturated heterocycles. The van der Waals surface area contributed by atoms with Gasteiger partial charge in [0.1, 0.15) is 18.7 Å². The quantitative estimate of drug-likeness (QED) is 0.683. The lowest BCUT2D eigenvalue weighted by Gasteiger charge is -2.37. The van der Waals surface area contributed by atoms with Crippen LogP contribution in [0.25, 0.3) is 0 Å². The largest absolute Gasteiger partial charge is 0.445 e. The van der Waals surface area contributed by atoms with Crippen LogP contribution in [0.15, 0.2) is 30.3 Å². The minimum atomic E-state index is -1.89. The van der Waals surface area contributed by atoms with E-state index in [0.29, 0.717) is 23.3 Å². The SMILES string of the molecule is COC(O)(OC)[C@@H]1CSCN1C(=O)[C@@H]1CSCN1C(=O)OCc1ccccc1. The van der Waals surface area contributed by atoms with Gasteiger partial charge in [-0.2, -0.15) is 0 Å². The van der Waals surface area contributed by atoms with E-state index in [0.717, 1.165) is 5.56 Å². The van der Waals surface area contributed by atoms with Crippen LogP contribution in [-0.4, -0.2) is 82.4 Å². The maximum Gasteiger partial charge on any atom is 0.411 e. The Kier molecular flexibility index (Phi) is 7.10. The molecule has 10 heteroatoms. The van der Waals surface area contributed by atoms with Gasteiger partial charge in [0.25, 0.3) is 0 Å². The van der Waals surface area contributed by atoms with E-state index in [9.17, 15) is 14.7 Å². The molecule has 0 unspecified atom stereocenters. The molecule has 28 heavy (non-hydrogen) atoms. The lowest BCUT2D eigenvalue weighted by Crippen LogP contribution is -2.59. The van der Waals surface area contributed by atoms with Crippen molar-refractivity contribution in [1.29, 1.82) is 0 Å². The number of aliphatic hydroxyl groups is 1. The highest BCUT2D eigenvalue weighted by molar-refractivity contribution is 7.99. The van der Waals surface area contributed by atoms with Gasteiger partial charge in [-0.1, -0.05) is 30.3 Å². The third kappa shape index (κ3) is 4.41. The van der Waals surface area contributed by atoms with Crippen molar-refractivity contribution in [3.8, 4) is 0 Å². The lowest BCUT2D eigenvalue weighted by atomic mass is 10.2. The number of nitrogens with zero attached hydrogens (tertiary/aromatic N) is 2. The summed E-state index contributed by atoms with van der Waals surface area (Å²) in [7, 11) is 2.65. The number of methoxy groups -OCH3 is 2. The third-order valence-corrected chi connectivity index (χ3v) is 6.80. The molecule has 2 fully saturated rings. The fraction of sp³-hybridized carbons (Fsp3) is 0.556. The molecule has 0 spiro atoms. The van der Waals surface area contributed by atoms with Gasteiger partial charge in [-0.3, -0.25) is 9.69 Å². The Morgan fingerprint density at radius 2 is 1.75 bits per heavy atom. The Labute approximate surface area is 172 Å². The minimum Gasteiger partial charge on any atom is -0.445 e. The number of rotatable bonds is 6. The zero-order valence-corrected chi connectivity index (χ0v) is 17.4. The van der Waals surface area contributed by atoms with Gasteiger partial charge < -0.3 is 24.2 Å². The van der Waals surface area contributed by atoms with E-state index in [-0.39, 0.29) is 12.5 Å². The van der Waals surface area contributed by atoms with Crippen molar-refractivity contribution in [3.05, 3.63) is 35.9 Å². The topological polar surface area (TPSA) is 88.5 Å². The summed E-state index contributed by atoms with van der Waals surface area (Å²) in [6, 6.07) is 8.08. The van der Waals surface area contributed by atoms with Crippen LogP contribution in [0.3, 0.4) is 0 Å². The molecule has 1 aromatic carbocycles. The summed E-state index contributed by atoms with van der Waals surface area (Å²) in [6.07, 6.45) is -0.524. The van der Waals surface area contributed by atoms with Crippen molar-refractivity contribution in [1.82, 2.24) is 9.80 Å². The van der Waals surface area contributed by atoms with E-state index in [1.54, 1.807) is 0 Å². The molecule has 1 N–H and O–H groups in total. The van der Waals surface area contributed by atoms with E-state index in [1.807, 2.05) is 30.3 Å². The number of carbonyl (C=O) groups is 2. The van der Waals surface area contributed by atoms with Crippen LogP contribution >= 0.6 is 23.5 Å². The summed E-state index contributed by atoms with van der Waals surface area (Å²) < 4.78 is 15.6. The Balaban J connectivity index is 1.66. The number of benzene rings is 1. The monoisotopic (exact) mass is 428 g/mol. The van der Waals surface area contributed by atoms with Gasteiger partial charge in [-0.15, -0.1) is 23.5 Å². The number of ether oxygens (including phenoxy) is 3. The summed E-state index contributed by atoms with van der Waals surface area (Å²) in [4.78, 5) is 28.7. The molecule has 2 amide bonds. The lowest BCUT2D eigenvalue weighted by molar-refractivity contribution is -0.359. The summed E-state index contributed by atoms with van der Waals surface area (Å²) in [5.41, 5.74) is 0.881. The van der Waals surface area contributed by atoms with Gasteiger partial charge in [0.15, 0.2) is 0 Å². The Hall–Kier alpha value is -1.46. The van der Waals surface area contributed by atoms with Crippen LogP contribution < -0.4 is 0 Å². The van der Waals surface area contributed by atoms with Gasteiger partial charge in [0, 0.05) is 25.7 Å². The smallest absolute Gasteiger partial charge is 0.411 e. The first-order valence-electron chi connectivity index (χ1n) is 8.76. The molecule has 8 nitrogen and oxygen atoms in total. The van der Waals surface area contributed by atoms with Crippen molar-refractivity contribution >= 4 is 35.5 Å². The average molecular weight is 429 g/mol. The molecule has 1 aromatic rings. The zero-order chi connectivity index (χ0) is 20.1.